The van der Waals surface area contributed by atoms with Gasteiger partial charge >= 0.3 is 7.60 Å². The summed E-state index contributed by atoms with van der Waals surface area (Å²) in [5, 5.41) is 3.33. The van der Waals surface area contributed by atoms with E-state index in [-0.39, 0.29) is 19.0 Å². The topological polar surface area (TPSA) is 65.5 Å². The number of rotatable bonds is 6. The molecule has 0 N–H and O–H groups in total. The Balaban J connectivity index is 1.71. The summed E-state index contributed by atoms with van der Waals surface area (Å²) in [7, 11) is -3.52. The van der Waals surface area contributed by atoms with Crippen LogP contribution < -0.4 is 5.30 Å². The lowest BCUT2D eigenvalue weighted by Crippen LogP contribution is -2.11. The van der Waals surface area contributed by atoms with Crippen LogP contribution in [0.2, 0.25) is 0 Å². The van der Waals surface area contributed by atoms with E-state index in [9.17, 15) is 9.36 Å². The van der Waals surface area contributed by atoms with Crippen LogP contribution in [-0.4, -0.2) is 24.0 Å². The number of carbonyl (C=O) groups is 1. The zero-order chi connectivity index (χ0) is 24.9. The highest BCUT2D eigenvalue weighted by Gasteiger charge is 2.34. The van der Waals surface area contributed by atoms with E-state index in [1.165, 1.54) is 0 Å². The minimum Gasteiger partial charge on any atom is -0.305 e. The molecule has 1 aliphatic rings. The van der Waals surface area contributed by atoms with Gasteiger partial charge in [-0.25, -0.2) is 4.98 Å². The average Bonchev–Trinajstić information content (AvgIpc) is 3.21. The van der Waals surface area contributed by atoms with Crippen LogP contribution in [0, 0.1) is 0 Å². The monoisotopic (exact) mass is 493 g/mol. The van der Waals surface area contributed by atoms with Gasteiger partial charge in [0.05, 0.1) is 35.3 Å². The molecule has 5 aromatic rings. The average molecular weight is 493 g/mol. The molecule has 0 radical (unpaired) electrons. The van der Waals surface area contributed by atoms with Crippen molar-refractivity contribution in [2.45, 2.75) is 13.8 Å². The van der Waals surface area contributed by atoms with Crippen molar-refractivity contribution in [3.05, 3.63) is 96.1 Å². The molecular weight excluding hydrogens is 469 g/mol. The molecule has 1 aliphatic carbocycles. The summed E-state index contributed by atoms with van der Waals surface area (Å²) in [6.45, 7) is 4.09. The Kier molecular flexibility index (Phi) is 5.57. The van der Waals surface area contributed by atoms with Gasteiger partial charge in [-0.3, -0.25) is 9.36 Å². The number of nitrogens with zero attached hydrogens (tertiary/aromatic N) is 1. The van der Waals surface area contributed by atoms with Gasteiger partial charge in [-0.2, -0.15) is 0 Å². The number of ketones is 1. The van der Waals surface area contributed by atoms with Crippen molar-refractivity contribution in [3.8, 4) is 22.4 Å². The summed E-state index contributed by atoms with van der Waals surface area (Å²) in [6.07, 6.45) is 0. The smallest absolute Gasteiger partial charge is 0.305 e. The molecular formula is C30H24NO4P. The van der Waals surface area contributed by atoms with E-state index in [4.69, 9.17) is 14.0 Å². The molecule has 36 heavy (non-hydrogen) atoms. The van der Waals surface area contributed by atoms with Crippen LogP contribution in [0.5, 0.6) is 0 Å². The molecule has 0 spiro atoms. The highest BCUT2D eigenvalue weighted by atomic mass is 31.2. The SMILES string of the molecule is CCOP(=O)(OCC)c1ccc2nc(-c3cccc4ccccc34)c3c(c2c1)-c1ccccc1C3=O. The second kappa shape index (κ2) is 8.79. The zero-order valence-electron chi connectivity index (χ0n) is 20.0. The van der Waals surface area contributed by atoms with Crippen LogP contribution in [0.3, 0.4) is 0 Å². The Morgan fingerprint density at radius 2 is 1.39 bits per heavy atom. The lowest BCUT2D eigenvalue weighted by molar-refractivity contribution is 0.104. The van der Waals surface area contributed by atoms with Gasteiger partial charge in [0.2, 0.25) is 0 Å². The van der Waals surface area contributed by atoms with Gasteiger partial charge in [0.1, 0.15) is 0 Å². The molecule has 0 fully saturated rings. The number of benzene rings is 4. The Morgan fingerprint density at radius 3 is 2.17 bits per heavy atom. The van der Waals surface area contributed by atoms with Gasteiger partial charge in [-0.15, -0.1) is 0 Å². The van der Waals surface area contributed by atoms with Gasteiger partial charge in [-0.1, -0.05) is 66.7 Å². The van der Waals surface area contributed by atoms with Crippen LogP contribution in [0.4, 0.5) is 0 Å². The molecule has 0 amide bonds. The lowest BCUT2D eigenvalue weighted by atomic mass is 9.94. The Hall–Kier alpha value is -3.63. The standard InChI is InChI=1S/C30H24NO4P/c1-3-34-36(33,35-4-2)20-16-17-26-25(18-20)27-22-13-7-8-14-24(22)30(32)28(27)29(31-26)23-15-9-11-19-10-5-6-12-21(19)23/h5-18H,3-4H2,1-2H3. The fraction of sp³-hybridized carbons (Fsp3) is 0.133. The van der Waals surface area contributed by atoms with Crippen LogP contribution in [0.1, 0.15) is 29.8 Å². The lowest BCUT2D eigenvalue weighted by Gasteiger charge is -2.19. The number of pyridine rings is 1. The highest BCUT2D eigenvalue weighted by molar-refractivity contribution is 7.62. The van der Waals surface area contributed by atoms with Gasteiger partial charge < -0.3 is 9.05 Å². The summed E-state index contributed by atoms with van der Waals surface area (Å²) in [4.78, 5) is 18.8. The Labute approximate surface area is 209 Å². The van der Waals surface area contributed by atoms with E-state index in [1.54, 1.807) is 19.9 Å². The van der Waals surface area contributed by atoms with Crippen LogP contribution >= 0.6 is 7.60 Å². The maximum absolute atomic E-state index is 13.8. The quantitative estimate of drug-likeness (QED) is 0.230. The molecule has 0 saturated heterocycles. The summed E-state index contributed by atoms with van der Waals surface area (Å²) < 4.78 is 24.8. The fourth-order valence-corrected chi connectivity index (χ4v) is 6.71. The highest BCUT2D eigenvalue weighted by Crippen LogP contribution is 2.49. The van der Waals surface area contributed by atoms with Crippen LogP contribution in [0.15, 0.2) is 84.9 Å². The third-order valence-corrected chi connectivity index (χ3v) is 8.70. The normalized spacial score (nSPS) is 12.8. The van der Waals surface area contributed by atoms with E-state index in [0.717, 1.165) is 32.8 Å². The molecule has 4 aromatic carbocycles. The molecule has 0 atom stereocenters. The molecule has 5 nitrogen and oxygen atoms in total. The summed E-state index contributed by atoms with van der Waals surface area (Å²) in [6, 6.07) is 27.2. The van der Waals surface area contributed by atoms with Gasteiger partial charge in [0.15, 0.2) is 5.78 Å². The fourth-order valence-electron chi connectivity index (χ4n) is 5.11. The third-order valence-electron chi connectivity index (χ3n) is 6.60. The Morgan fingerprint density at radius 1 is 0.722 bits per heavy atom. The Bertz CT molecular complexity index is 1710. The number of hydrogen-bond acceptors (Lipinski definition) is 5. The maximum atomic E-state index is 13.8. The molecule has 1 heterocycles. The molecule has 0 aliphatic heterocycles. The summed E-state index contributed by atoms with van der Waals surface area (Å²) in [5.41, 5.74) is 5.15. The van der Waals surface area contributed by atoms with Crippen molar-refractivity contribution in [2.75, 3.05) is 13.2 Å². The van der Waals surface area contributed by atoms with E-state index >= 15 is 0 Å². The van der Waals surface area contributed by atoms with Crippen molar-refractivity contribution in [1.29, 1.82) is 0 Å². The van der Waals surface area contributed by atoms with Gasteiger partial charge in [0.25, 0.3) is 0 Å². The summed E-state index contributed by atoms with van der Waals surface area (Å²) in [5.74, 6) is -0.0545. The number of carbonyl (C=O) groups excluding carboxylic acids is 1. The number of fused-ring (bicyclic) bond motifs is 6. The van der Waals surface area contributed by atoms with E-state index in [2.05, 4.69) is 18.2 Å². The predicted octanol–water partition coefficient (Wildman–Crippen LogP) is 7.16. The predicted molar refractivity (Wildman–Crippen MR) is 144 cm³/mol. The largest absolute Gasteiger partial charge is 0.361 e. The third kappa shape index (κ3) is 3.43. The van der Waals surface area contributed by atoms with Crippen molar-refractivity contribution in [2.24, 2.45) is 0 Å². The van der Waals surface area contributed by atoms with Crippen molar-refractivity contribution >= 4 is 40.4 Å². The second-order valence-corrected chi connectivity index (χ2v) is 10.7. The first-order valence-corrected chi connectivity index (χ1v) is 13.6. The van der Waals surface area contributed by atoms with Gasteiger partial charge in [0, 0.05) is 22.1 Å². The molecule has 6 heteroatoms. The molecule has 0 saturated carbocycles. The zero-order valence-corrected chi connectivity index (χ0v) is 20.9. The number of aromatic nitrogens is 1. The van der Waals surface area contributed by atoms with E-state index < -0.39 is 7.60 Å². The minimum atomic E-state index is -3.52. The first-order chi connectivity index (χ1) is 17.6. The van der Waals surface area contributed by atoms with Crippen molar-refractivity contribution in [1.82, 2.24) is 4.98 Å². The molecule has 178 valence electrons. The maximum Gasteiger partial charge on any atom is 0.361 e. The van der Waals surface area contributed by atoms with Crippen LogP contribution in [0.25, 0.3) is 44.1 Å². The van der Waals surface area contributed by atoms with E-state index in [1.807, 2.05) is 60.7 Å². The van der Waals surface area contributed by atoms with Gasteiger partial charge in [-0.05, 0) is 48.4 Å². The molecule has 0 bridgehead atoms. The second-order valence-electron chi connectivity index (χ2n) is 8.65. The van der Waals surface area contributed by atoms with E-state index in [0.29, 0.717) is 27.6 Å². The van der Waals surface area contributed by atoms with Crippen LogP contribution in [-0.2, 0) is 13.6 Å². The minimum absolute atomic E-state index is 0.0545. The molecule has 0 unspecified atom stereocenters. The summed E-state index contributed by atoms with van der Waals surface area (Å²) >= 11 is 0. The molecule has 6 rings (SSSR count). The van der Waals surface area contributed by atoms with Crippen molar-refractivity contribution < 1.29 is 18.4 Å². The first kappa shape index (κ1) is 22.8. The molecule has 1 aromatic heterocycles. The first-order valence-electron chi connectivity index (χ1n) is 12.1. The van der Waals surface area contributed by atoms with Crippen molar-refractivity contribution in [3.63, 3.8) is 0 Å². The number of hydrogen-bond donors (Lipinski definition) is 0.